The monoisotopic (exact) mass is 1130 g/mol. The van der Waals surface area contributed by atoms with Crippen molar-refractivity contribution in [1.29, 1.82) is 0 Å². The first-order valence-corrected chi connectivity index (χ1v) is 26.9. The van der Waals surface area contributed by atoms with Crippen LogP contribution >= 0.6 is 0 Å². The number of nitrogens with zero attached hydrogens (tertiary/aromatic N) is 8. The molecule has 0 saturated carbocycles. The van der Waals surface area contributed by atoms with Gasteiger partial charge in [-0.15, -0.1) is 0 Å². The average molecular weight is 1130 g/mol. The SMILES string of the molecule is C.C[C@H]1[C@H](F)C[C@@H](C(=O)CCc2cc(-c3cnc(C(F)(F)F)cn3)ncn2)N1S(=O)(=O)c1ccc(F)cc1.C[C@H]1[C@H](F)C[C@@H](C(=O)CCc2cc(C3CCN(CC(C)(F)F)CC3)ncc2F)N1S(=O)(=O)c1ccc(F)cc1. The first-order chi connectivity index (χ1) is 35.6. The van der Waals surface area contributed by atoms with E-state index in [9.17, 15) is 70.3 Å². The van der Waals surface area contributed by atoms with Crippen molar-refractivity contribution in [3.63, 3.8) is 0 Å². The smallest absolute Gasteiger partial charge is 0.298 e. The van der Waals surface area contributed by atoms with E-state index in [2.05, 4.69) is 24.9 Å². The second-order valence-corrected chi connectivity index (χ2v) is 22.7. The van der Waals surface area contributed by atoms with E-state index in [-0.39, 0.29) is 85.2 Å². The fourth-order valence-corrected chi connectivity index (χ4v) is 13.2. The van der Waals surface area contributed by atoms with Crippen LogP contribution in [-0.4, -0.2) is 129 Å². The molecule has 0 N–H and O–H groups in total. The van der Waals surface area contributed by atoms with E-state index >= 15 is 0 Å². The number of rotatable bonds is 16. The molecule has 0 unspecified atom stereocenters. The number of aryl methyl sites for hydroxylation is 2. The number of Topliss-reactive ketones (excluding diaryl/α,β-unsaturated/α-hetero) is 2. The number of likely N-dealkylation sites (tertiary alicyclic amines) is 1. The first-order valence-electron chi connectivity index (χ1n) is 24.0. The number of ketones is 2. The molecule has 0 radical (unpaired) electrons. The number of hydrogen-bond donors (Lipinski definition) is 0. The molecule has 0 aliphatic carbocycles. The highest BCUT2D eigenvalue weighted by atomic mass is 32.2. The summed E-state index contributed by atoms with van der Waals surface area (Å²) in [6, 6.07) is 6.38. The van der Waals surface area contributed by atoms with Gasteiger partial charge in [0.25, 0.3) is 5.92 Å². The molecule has 6 heterocycles. The predicted octanol–water partition coefficient (Wildman–Crippen LogP) is 9.31. The van der Waals surface area contributed by atoms with Gasteiger partial charge < -0.3 is 0 Å². The third-order valence-electron chi connectivity index (χ3n) is 13.5. The summed E-state index contributed by atoms with van der Waals surface area (Å²) in [7, 11) is -8.58. The Morgan fingerprint density at radius 1 is 0.649 bits per heavy atom. The van der Waals surface area contributed by atoms with Gasteiger partial charge in [-0.2, -0.15) is 21.8 Å². The van der Waals surface area contributed by atoms with Crippen LogP contribution in [-0.2, 0) is 48.7 Å². The van der Waals surface area contributed by atoms with Crippen molar-refractivity contribution in [2.75, 3.05) is 19.6 Å². The highest BCUT2D eigenvalue weighted by molar-refractivity contribution is 7.89. The van der Waals surface area contributed by atoms with Gasteiger partial charge in [0.15, 0.2) is 17.3 Å². The number of benzene rings is 2. The van der Waals surface area contributed by atoms with Gasteiger partial charge in [-0.25, -0.2) is 62.5 Å². The molecule has 3 aromatic heterocycles. The van der Waals surface area contributed by atoms with E-state index in [4.69, 9.17) is 0 Å². The Labute approximate surface area is 439 Å². The Hall–Kier alpha value is -5.83. The highest BCUT2D eigenvalue weighted by Gasteiger charge is 2.50. The van der Waals surface area contributed by atoms with Gasteiger partial charge in [-0.05, 0) is 119 Å². The molecule has 5 aromatic rings. The Kier molecular flexibility index (Phi) is 19.2. The lowest BCUT2D eigenvalue weighted by Crippen LogP contribution is -2.44. The summed E-state index contributed by atoms with van der Waals surface area (Å²) in [5.74, 6) is -5.79. The predicted molar refractivity (Wildman–Crippen MR) is 261 cm³/mol. The third kappa shape index (κ3) is 14.5. The Bertz CT molecular complexity index is 3080. The van der Waals surface area contributed by atoms with Crippen molar-refractivity contribution >= 4 is 31.6 Å². The summed E-state index contributed by atoms with van der Waals surface area (Å²) in [5, 5.41) is 0. The second-order valence-electron chi connectivity index (χ2n) is 19.0. The molecular formula is C51H56F10N8O6S2. The minimum Gasteiger partial charge on any atom is -0.298 e. The highest BCUT2D eigenvalue weighted by Crippen LogP contribution is 2.37. The van der Waals surface area contributed by atoms with Crippen LogP contribution in [0.2, 0.25) is 0 Å². The van der Waals surface area contributed by atoms with Crippen LogP contribution in [0.3, 0.4) is 0 Å². The normalized spacial score (nSPS) is 22.0. The van der Waals surface area contributed by atoms with Gasteiger partial charge in [-0.1, -0.05) is 7.43 Å². The molecule has 26 heteroatoms. The minimum absolute atomic E-state index is 0. The maximum atomic E-state index is 14.7. The molecule has 8 rings (SSSR count). The summed E-state index contributed by atoms with van der Waals surface area (Å²) in [4.78, 5) is 46.6. The summed E-state index contributed by atoms with van der Waals surface area (Å²) in [6.45, 7) is 4.22. The van der Waals surface area contributed by atoms with E-state index in [1.165, 1.54) is 19.9 Å². The number of carbonyl (C=O) groups is 2. The third-order valence-corrected chi connectivity index (χ3v) is 17.6. The molecule has 0 spiro atoms. The van der Waals surface area contributed by atoms with E-state index in [1.807, 2.05) is 0 Å². The van der Waals surface area contributed by atoms with E-state index < -0.39 is 103 Å². The fourth-order valence-electron chi connectivity index (χ4n) is 9.51. The lowest BCUT2D eigenvalue weighted by molar-refractivity contribution is -0.141. The number of alkyl halides is 7. The van der Waals surface area contributed by atoms with Crippen molar-refractivity contribution in [2.24, 2.45) is 0 Å². The van der Waals surface area contributed by atoms with Crippen molar-refractivity contribution in [3.05, 3.63) is 126 Å². The molecule has 3 saturated heterocycles. The quantitative estimate of drug-likeness (QED) is 0.0858. The van der Waals surface area contributed by atoms with Gasteiger partial charge in [0.1, 0.15) is 41.8 Å². The molecule has 14 nitrogen and oxygen atoms in total. The number of aromatic nitrogens is 5. The van der Waals surface area contributed by atoms with E-state index in [0.29, 0.717) is 43.5 Å². The average Bonchev–Trinajstić information content (AvgIpc) is 3.91. The molecule has 3 aliphatic rings. The van der Waals surface area contributed by atoms with Crippen molar-refractivity contribution in [3.8, 4) is 11.4 Å². The van der Waals surface area contributed by atoms with Gasteiger partial charge in [0.2, 0.25) is 20.0 Å². The summed E-state index contributed by atoms with van der Waals surface area (Å²) >= 11 is 0. The molecule has 2 aromatic carbocycles. The number of sulfonamides is 2. The van der Waals surface area contributed by atoms with Crippen LogP contribution in [0.4, 0.5) is 43.9 Å². The molecule has 3 aliphatic heterocycles. The van der Waals surface area contributed by atoms with Gasteiger partial charge >= 0.3 is 6.18 Å². The summed E-state index contributed by atoms with van der Waals surface area (Å²) in [6.07, 6.45) is -3.95. The second kappa shape index (κ2) is 24.5. The van der Waals surface area contributed by atoms with Crippen LogP contribution in [0, 0.1) is 17.5 Å². The maximum absolute atomic E-state index is 14.7. The van der Waals surface area contributed by atoms with Gasteiger partial charge in [-0.3, -0.25) is 24.5 Å². The molecule has 3 fully saturated rings. The van der Waals surface area contributed by atoms with Crippen molar-refractivity contribution < 1.29 is 70.3 Å². The first kappa shape index (κ1) is 60.4. The number of piperidine rings is 1. The van der Waals surface area contributed by atoms with Crippen LogP contribution in [0.1, 0.15) is 95.3 Å². The Balaban J connectivity index is 0.000000247. The van der Waals surface area contributed by atoms with E-state index in [1.54, 1.807) is 11.0 Å². The number of pyridine rings is 1. The molecule has 6 atom stereocenters. The number of hydrogen-bond acceptors (Lipinski definition) is 12. The molecule has 418 valence electrons. The van der Waals surface area contributed by atoms with Crippen LogP contribution < -0.4 is 0 Å². The fraction of sp³-hybridized carbons (Fsp3) is 0.471. The Morgan fingerprint density at radius 3 is 1.62 bits per heavy atom. The standard InChI is InChI=1S/C27H32F5N3O3S.C23H20F5N5O3S.CH4/c1-17-22(29)14-25(35(17)39(37,38)21-6-4-20(28)5-7-21)26(36)8-3-19-13-24(33-15-23(19)30)18-9-11-34(12-10-18)16-27(2,31)32;1-13-17(25)9-20(33(13)37(35,36)16-5-2-14(24)3-6-16)21(34)7-4-15-8-18(32-12-31-15)19-10-30-22(11-29-19)23(26,27)28;/h4-7,13,15,17-18,22,25H,3,8-12,14,16H2,1-2H3;2-3,5-6,8,10-13,17,20H,4,7,9H2,1H3;1H4/t17-,22+,25-;13-,17+,20-;/m00./s1. The minimum atomic E-state index is -4.64. The summed E-state index contributed by atoms with van der Waals surface area (Å²) in [5.41, 5.74) is 0.262. The summed E-state index contributed by atoms with van der Waals surface area (Å²) < 4.78 is 190. The lowest BCUT2D eigenvalue weighted by Gasteiger charge is -2.33. The zero-order valence-corrected chi connectivity index (χ0v) is 42.7. The van der Waals surface area contributed by atoms with E-state index in [0.717, 1.165) is 82.8 Å². The van der Waals surface area contributed by atoms with Crippen molar-refractivity contribution in [1.82, 2.24) is 38.4 Å². The lowest BCUT2D eigenvalue weighted by atomic mass is 9.91. The van der Waals surface area contributed by atoms with Crippen LogP contribution in [0.15, 0.2) is 95.4 Å². The van der Waals surface area contributed by atoms with Gasteiger partial charge in [0, 0.05) is 49.9 Å². The molecule has 0 amide bonds. The van der Waals surface area contributed by atoms with Gasteiger partial charge in [0.05, 0.1) is 64.8 Å². The molecule has 0 bridgehead atoms. The Morgan fingerprint density at radius 2 is 1.16 bits per heavy atom. The van der Waals surface area contributed by atoms with Crippen LogP contribution in [0.5, 0.6) is 0 Å². The zero-order chi connectivity index (χ0) is 55.5. The molecular weight excluding hydrogens is 1070 g/mol. The maximum Gasteiger partial charge on any atom is 0.434 e. The largest absolute Gasteiger partial charge is 0.434 e. The molecule has 77 heavy (non-hydrogen) atoms. The number of halogens is 10. The number of carbonyl (C=O) groups excluding carboxylic acids is 2. The van der Waals surface area contributed by atoms with Crippen molar-refractivity contribution in [2.45, 2.75) is 144 Å². The topological polar surface area (TPSA) is 177 Å². The zero-order valence-electron chi connectivity index (χ0n) is 41.0. The van der Waals surface area contributed by atoms with Crippen LogP contribution in [0.25, 0.3) is 11.4 Å².